The van der Waals surface area contributed by atoms with E-state index in [1.54, 1.807) is 12.1 Å². The lowest BCUT2D eigenvalue weighted by atomic mass is 10.0. The first-order valence-electron chi connectivity index (χ1n) is 8.25. The minimum absolute atomic E-state index is 0.111. The van der Waals surface area contributed by atoms with E-state index >= 15 is 0 Å². The van der Waals surface area contributed by atoms with Gasteiger partial charge in [0, 0.05) is 0 Å². The van der Waals surface area contributed by atoms with Gasteiger partial charge in [0.1, 0.15) is 12.4 Å². The number of ether oxygens (including phenoxy) is 4. The number of rotatable bonds is 7. The van der Waals surface area contributed by atoms with Crippen LogP contribution in [0.2, 0.25) is 0 Å². The van der Waals surface area contributed by atoms with E-state index in [9.17, 15) is 9.90 Å². The van der Waals surface area contributed by atoms with Crippen molar-refractivity contribution >= 4 is 16.7 Å². The highest BCUT2D eigenvalue weighted by Crippen LogP contribution is 2.47. The number of methoxy groups -OCH3 is 3. The number of aromatic carboxylic acids is 1. The third-order valence-electron chi connectivity index (χ3n) is 4.19. The second kappa shape index (κ2) is 7.86. The third kappa shape index (κ3) is 3.60. The number of carbonyl (C=O) groups is 1. The molecule has 0 aliphatic rings. The SMILES string of the molecule is COc1cc2cc(C(=O)O)cc(OCc3ccccc3)c2c(OC)c1OC. The fourth-order valence-electron chi connectivity index (χ4n) is 2.94. The largest absolute Gasteiger partial charge is 0.493 e. The van der Waals surface area contributed by atoms with Crippen molar-refractivity contribution in [1.82, 2.24) is 0 Å². The van der Waals surface area contributed by atoms with E-state index in [0.717, 1.165) is 5.56 Å². The van der Waals surface area contributed by atoms with Crippen LogP contribution in [0.4, 0.5) is 0 Å². The second-order valence-corrected chi connectivity index (χ2v) is 5.80. The van der Waals surface area contributed by atoms with E-state index in [-0.39, 0.29) is 12.2 Å². The minimum atomic E-state index is -1.05. The van der Waals surface area contributed by atoms with Gasteiger partial charge >= 0.3 is 5.97 Å². The minimum Gasteiger partial charge on any atom is -0.493 e. The van der Waals surface area contributed by atoms with Crippen LogP contribution < -0.4 is 18.9 Å². The summed E-state index contributed by atoms with van der Waals surface area (Å²) in [7, 11) is 4.54. The Morgan fingerprint density at radius 3 is 2.19 bits per heavy atom. The summed E-state index contributed by atoms with van der Waals surface area (Å²) >= 11 is 0. The molecule has 0 spiro atoms. The molecule has 0 radical (unpaired) electrons. The van der Waals surface area contributed by atoms with E-state index in [4.69, 9.17) is 18.9 Å². The summed E-state index contributed by atoms with van der Waals surface area (Å²) in [6.07, 6.45) is 0. The maximum atomic E-state index is 11.6. The predicted octanol–water partition coefficient (Wildman–Crippen LogP) is 4.14. The molecule has 3 aromatic rings. The van der Waals surface area contributed by atoms with Crippen molar-refractivity contribution in [1.29, 1.82) is 0 Å². The fraction of sp³-hybridized carbons (Fsp3) is 0.190. The fourth-order valence-corrected chi connectivity index (χ4v) is 2.94. The van der Waals surface area contributed by atoms with Crippen LogP contribution in [0.3, 0.4) is 0 Å². The zero-order valence-electron chi connectivity index (χ0n) is 15.3. The number of benzene rings is 3. The first-order chi connectivity index (χ1) is 13.1. The average molecular weight is 368 g/mol. The van der Waals surface area contributed by atoms with E-state index in [2.05, 4.69) is 0 Å². The van der Waals surface area contributed by atoms with E-state index in [1.165, 1.54) is 27.4 Å². The molecule has 0 aliphatic heterocycles. The van der Waals surface area contributed by atoms with Gasteiger partial charge in [-0.25, -0.2) is 4.79 Å². The first-order valence-corrected chi connectivity index (χ1v) is 8.25. The van der Waals surface area contributed by atoms with Crippen LogP contribution in [-0.4, -0.2) is 32.4 Å². The van der Waals surface area contributed by atoms with Crippen molar-refractivity contribution in [3.63, 3.8) is 0 Å². The molecule has 0 atom stereocenters. The van der Waals surface area contributed by atoms with Crippen molar-refractivity contribution < 1.29 is 28.8 Å². The molecule has 0 aliphatic carbocycles. The molecule has 3 rings (SSSR count). The average Bonchev–Trinajstić information content (AvgIpc) is 2.70. The molecule has 0 heterocycles. The molecule has 27 heavy (non-hydrogen) atoms. The highest BCUT2D eigenvalue weighted by atomic mass is 16.5. The predicted molar refractivity (Wildman–Crippen MR) is 101 cm³/mol. The lowest BCUT2D eigenvalue weighted by molar-refractivity contribution is 0.0696. The first kappa shape index (κ1) is 18.4. The van der Waals surface area contributed by atoms with Gasteiger partial charge in [0.05, 0.1) is 32.3 Å². The molecule has 3 aromatic carbocycles. The van der Waals surface area contributed by atoms with Gasteiger partial charge in [0.25, 0.3) is 0 Å². The molecule has 1 N–H and O–H groups in total. The van der Waals surface area contributed by atoms with Crippen LogP contribution in [0, 0.1) is 0 Å². The van der Waals surface area contributed by atoms with Crippen molar-refractivity contribution in [2.24, 2.45) is 0 Å². The Labute approximate surface area is 156 Å². The summed E-state index contributed by atoms with van der Waals surface area (Å²) in [5.74, 6) is 0.632. The lowest BCUT2D eigenvalue weighted by Crippen LogP contribution is -2.03. The lowest BCUT2D eigenvalue weighted by Gasteiger charge is -2.18. The monoisotopic (exact) mass is 368 g/mol. The second-order valence-electron chi connectivity index (χ2n) is 5.80. The van der Waals surface area contributed by atoms with Gasteiger partial charge in [0.2, 0.25) is 5.75 Å². The van der Waals surface area contributed by atoms with Crippen LogP contribution in [-0.2, 0) is 6.61 Å². The summed E-state index contributed by atoms with van der Waals surface area (Å²) in [5, 5.41) is 10.7. The van der Waals surface area contributed by atoms with Crippen LogP contribution in [0.5, 0.6) is 23.0 Å². The summed E-state index contributed by atoms with van der Waals surface area (Å²) in [5.41, 5.74) is 1.07. The van der Waals surface area contributed by atoms with Crippen LogP contribution in [0.25, 0.3) is 10.8 Å². The maximum absolute atomic E-state index is 11.6. The Hall–Kier alpha value is -3.41. The van der Waals surface area contributed by atoms with Crippen LogP contribution in [0.1, 0.15) is 15.9 Å². The van der Waals surface area contributed by atoms with Crippen LogP contribution >= 0.6 is 0 Å². The van der Waals surface area contributed by atoms with Crippen molar-refractivity contribution in [2.75, 3.05) is 21.3 Å². The molecule has 0 fully saturated rings. The van der Waals surface area contributed by atoms with Crippen molar-refractivity contribution in [2.45, 2.75) is 6.61 Å². The van der Waals surface area contributed by atoms with Gasteiger partial charge in [-0.05, 0) is 29.1 Å². The summed E-state index contributed by atoms with van der Waals surface area (Å²) < 4.78 is 22.3. The molecule has 0 unspecified atom stereocenters. The summed E-state index contributed by atoms with van der Waals surface area (Å²) in [6.45, 7) is 0.288. The number of hydrogen-bond acceptors (Lipinski definition) is 5. The normalized spacial score (nSPS) is 10.5. The Balaban J connectivity index is 2.20. The summed E-state index contributed by atoms with van der Waals surface area (Å²) in [6, 6.07) is 14.4. The van der Waals surface area contributed by atoms with Gasteiger partial charge < -0.3 is 24.1 Å². The molecular formula is C21H20O6. The highest BCUT2D eigenvalue weighted by Gasteiger charge is 2.21. The molecule has 0 bridgehead atoms. The van der Waals surface area contributed by atoms with Crippen molar-refractivity contribution in [3.8, 4) is 23.0 Å². The Morgan fingerprint density at radius 1 is 0.889 bits per heavy atom. The topological polar surface area (TPSA) is 74.2 Å². The van der Waals surface area contributed by atoms with Crippen molar-refractivity contribution in [3.05, 3.63) is 59.7 Å². The molecular weight excluding hydrogens is 348 g/mol. The van der Waals surface area contributed by atoms with E-state index in [0.29, 0.717) is 33.8 Å². The maximum Gasteiger partial charge on any atom is 0.335 e. The van der Waals surface area contributed by atoms with Gasteiger partial charge in [-0.3, -0.25) is 0 Å². The zero-order valence-corrected chi connectivity index (χ0v) is 15.3. The number of carboxylic acids is 1. The molecule has 0 amide bonds. The smallest absolute Gasteiger partial charge is 0.335 e. The molecule has 0 aromatic heterocycles. The molecule has 0 saturated heterocycles. The highest BCUT2D eigenvalue weighted by molar-refractivity contribution is 6.02. The van der Waals surface area contributed by atoms with Gasteiger partial charge in [-0.2, -0.15) is 0 Å². The van der Waals surface area contributed by atoms with E-state index in [1.807, 2.05) is 30.3 Å². The Kier molecular flexibility index (Phi) is 5.35. The van der Waals surface area contributed by atoms with Crippen LogP contribution in [0.15, 0.2) is 48.5 Å². The molecule has 140 valence electrons. The zero-order chi connectivity index (χ0) is 19.4. The quantitative estimate of drug-likeness (QED) is 0.675. The van der Waals surface area contributed by atoms with E-state index < -0.39 is 5.97 Å². The Bertz CT molecular complexity index is 966. The van der Waals surface area contributed by atoms with Gasteiger partial charge in [0.15, 0.2) is 11.5 Å². The number of carboxylic acid groups (broad SMARTS) is 1. The Morgan fingerprint density at radius 2 is 1.59 bits per heavy atom. The standard InChI is InChI=1S/C21H20O6/c1-24-17-10-14-9-15(21(22)23)11-16(18(14)20(26-3)19(17)25-2)27-12-13-7-5-4-6-8-13/h4-11H,12H2,1-3H3,(H,22,23). The van der Waals surface area contributed by atoms with Gasteiger partial charge in [-0.15, -0.1) is 0 Å². The van der Waals surface area contributed by atoms with Gasteiger partial charge in [-0.1, -0.05) is 30.3 Å². The molecule has 0 saturated carbocycles. The molecule has 6 heteroatoms. The molecule has 6 nitrogen and oxygen atoms in total. The summed E-state index contributed by atoms with van der Waals surface area (Å²) in [4.78, 5) is 11.6. The number of fused-ring (bicyclic) bond motifs is 1. The number of hydrogen-bond donors (Lipinski definition) is 1. The third-order valence-corrected chi connectivity index (χ3v) is 4.19.